The molecule has 1 aliphatic carbocycles. The summed E-state index contributed by atoms with van der Waals surface area (Å²) in [7, 11) is 0. The van der Waals surface area contributed by atoms with Crippen LogP contribution < -0.4 is 10.6 Å². The molecule has 19 heavy (non-hydrogen) atoms. The van der Waals surface area contributed by atoms with Crippen molar-refractivity contribution in [1.29, 1.82) is 0 Å². The maximum Gasteiger partial charge on any atom is 0.223 e. The fraction of sp³-hybridized carbons (Fsp3) is 0.533. The zero-order valence-electron chi connectivity index (χ0n) is 10.9. The zero-order valence-corrected chi connectivity index (χ0v) is 11.7. The van der Waals surface area contributed by atoms with Crippen molar-refractivity contribution in [2.24, 2.45) is 11.3 Å². The third kappa shape index (κ3) is 2.77. The number of piperidine rings is 1. The minimum atomic E-state index is 0.219. The van der Waals surface area contributed by atoms with Crippen molar-refractivity contribution < 1.29 is 4.79 Å². The predicted octanol–water partition coefficient (Wildman–Crippen LogP) is 2.35. The van der Waals surface area contributed by atoms with E-state index in [9.17, 15) is 4.79 Å². The smallest absolute Gasteiger partial charge is 0.223 e. The first kappa shape index (κ1) is 12.9. The van der Waals surface area contributed by atoms with Crippen LogP contribution in [0.15, 0.2) is 24.3 Å². The van der Waals surface area contributed by atoms with Crippen LogP contribution in [0.2, 0.25) is 5.02 Å². The Kier molecular flexibility index (Phi) is 3.50. The molecule has 0 aromatic heterocycles. The van der Waals surface area contributed by atoms with Gasteiger partial charge in [-0.1, -0.05) is 23.7 Å². The monoisotopic (exact) mass is 278 g/mol. The number of amides is 1. The van der Waals surface area contributed by atoms with Crippen molar-refractivity contribution in [3.63, 3.8) is 0 Å². The molecule has 1 spiro atoms. The number of carbonyl (C=O) groups is 1. The standard InChI is InChI=1S/C15H19ClN2O/c16-12-3-1-11(2-4-12)10-18-14(19)13-9-15(13)5-7-17-8-6-15/h1-4,13,17H,5-10H2,(H,18,19). The van der Waals surface area contributed by atoms with E-state index in [1.807, 2.05) is 24.3 Å². The third-order valence-electron chi connectivity index (χ3n) is 4.49. The summed E-state index contributed by atoms with van der Waals surface area (Å²) in [6.07, 6.45) is 3.36. The number of nitrogens with one attached hydrogen (secondary N) is 2. The molecule has 1 amide bonds. The van der Waals surface area contributed by atoms with E-state index in [-0.39, 0.29) is 11.8 Å². The summed E-state index contributed by atoms with van der Waals surface area (Å²) >= 11 is 5.84. The molecule has 1 unspecified atom stereocenters. The van der Waals surface area contributed by atoms with Crippen molar-refractivity contribution in [3.8, 4) is 0 Å². The molecule has 102 valence electrons. The van der Waals surface area contributed by atoms with Gasteiger partial charge in [-0.3, -0.25) is 4.79 Å². The van der Waals surface area contributed by atoms with Crippen molar-refractivity contribution in [3.05, 3.63) is 34.9 Å². The molecule has 2 N–H and O–H groups in total. The molecule has 0 bridgehead atoms. The Hall–Kier alpha value is -1.06. The van der Waals surface area contributed by atoms with E-state index in [0.29, 0.717) is 12.0 Å². The molecule has 1 aliphatic heterocycles. The highest BCUT2D eigenvalue weighted by molar-refractivity contribution is 6.30. The van der Waals surface area contributed by atoms with Gasteiger partial charge in [0.15, 0.2) is 0 Å². The Morgan fingerprint density at radius 2 is 2.00 bits per heavy atom. The van der Waals surface area contributed by atoms with E-state index < -0.39 is 0 Å². The van der Waals surface area contributed by atoms with Crippen molar-refractivity contribution in [2.75, 3.05) is 13.1 Å². The highest BCUT2D eigenvalue weighted by Crippen LogP contribution is 2.58. The largest absolute Gasteiger partial charge is 0.352 e. The second kappa shape index (κ2) is 5.14. The number of hydrogen-bond acceptors (Lipinski definition) is 2. The van der Waals surface area contributed by atoms with Gasteiger partial charge in [0.2, 0.25) is 5.91 Å². The number of halogens is 1. The van der Waals surface area contributed by atoms with Gasteiger partial charge in [-0.05, 0) is 55.5 Å². The average molecular weight is 279 g/mol. The molecule has 1 atom stereocenters. The van der Waals surface area contributed by atoms with Gasteiger partial charge in [-0.15, -0.1) is 0 Å². The highest BCUT2D eigenvalue weighted by Gasteiger charge is 2.57. The number of rotatable bonds is 3. The SMILES string of the molecule is O=C(NCc1ccc(Cl)cc1)C1CC12CCNCC2. The molecule has 1 aromatic carbocycles. The summed E-state index contributed by atoms with van der Waals surface area (Å²) in [4.78, 5) is 12.2. The average Bonchev–Trinajstić information content (AvgIpc) is 3.12. The van der Waals surface area contributed by atoms with Crippen LogP contribution in [0.5, 0.6) is 0 Å². The van der Waals surface area contributed by atoms with E-state index in [2.05, 4.69) is 10.6 Å². The minimum Gasteiger partial charge on any atom is -0.352 e. The van der Waals surface area contributed by atoms with Gasteiger partial charge in [0.25, 0.3) is 0 Å². The summed E-state index contributed by atoms with van der Waals surface area (Å²) < 4.78 is 0. The third-order valence-corrected chi connectivity index (χ3v) is 4.74. The summed E-state index contributed by atoms with van der Waals surface area (Å²) in [6, 6.07) is 7.62. The highest BCUT2D eigenvalue weighted by atomic mass is 35.5. The molecule has 1 saturated carbocycles. The van der Waals surface area contributed by atoms with Crippen LogP contribution in [0, 0.1) is 11.3 Å². The first-order valence-corrected chi connectivity index (χ1v) is 7.30. The van der Waals surface area contributed by atoms with E-state index in [4.69, 9.17) is 11.6 Å². The van der Waals surface area contributed by atoms with Crippen LogP contribution in [0.4, 0.5) is 0 Å². The van der Waals surface area contributed by atoms with Gasteiger partial charge in [0.05, 0.1) is 0 Å². The molecule has 2 aliphatic rings. The molecular formula is C15H19ClN2O. The molecule has 1 heterocycles. The summed E-state index contributed by atoms with van der Waals surface area (Å²) in [5.74, 6) is 0.457. The second-order valence-electron chi connectivity index (χ2n) is 5.71. The molecule has 3 rings (SSSR count). The Morgan fingerprint density at radius 1 is 1.32 bits per heavy atom. The summed E-state index contributed by atoms with van der Waals surface area (Å²) in [6.45, 7) is 2.71. The first-order valence-electron chi connectivity index (χ1n) is 6.92. The lowest BCUT2D eigenvalue weighted by atomic mass is 9.92. The van der Waals surface area contributed by atoms with E-state index >= 15 is 0 Å². The van der Waals surface area contributed by atoms with E-state index in [1.54, 1.807) is 0 Å². The van der Waals surface area contributed by atoms with Gasteiger partial charge >= 0.3 is 0 Å². The molecule has 1 saturated heterocycles. The fourth-order valence-electron chi connectivity index (χ4n) is 3.11. The van der Waals surface area contributed by atoms with Gasteiger partial charge in [-0.25, -0.2) is 0 Å². The van der Waals surface area contributed by atoms with Gasteiger partial charge in [0, 0.05) is 17.5 Å². The van der Waals surface area contributed by atoms with Gasteiger partial charge in [0.1, 0.15) is 0 Å². The quantitative estimate of drug-likeness (QED) is 0.891. The maximum atomic E-state index is 12.2. The van der Waals surface area contributed by atoms with Crippen molar-refractivity contribution in [2.45, 2.75) is 25.8 Å². The zero-order chi connectivity index (χ0) is 13.3. The normalized spacial score (nSPS) is 24.2. The van der Waals surface area contributed by atoms with Gasteiger partial charge < -0.3 is 10.6 Å². The Morgan fingerprint density at radius 3 is 2.68 bits per heavy atom. The lowest BCUT2D eigenvalue weighted by Crippen LogP contribution is -2.33. The molecule has 0 radical (unpaired) electrons. The van der Waals surface area contributed by atoms with Crippen LogP contribution in [0.3, 0.4) is 0 Å². The summed E-state index contributed by atoms with van der Waals surface area (Å²) in [5.41, 5.74) is 1.41. The van der Waals surface area contributed by atoms with Crippen molar-refractivity contribution >= 4 is 17.5 Å². The predicted molar refractivity (Wildman–Crippen MR) is 75.9 cm³/mol. The van der Waals surface area contributed by atoms with Gasteiger partial charge in [-0.2, -0.15) is 0 Å². The van der Waals surface area contributed by atoms with Crippen LogP contribution in [-0.4, -0.2) is 19.0 Å². The van der Waals surface area contributed by atoms with E-state index in [0.717, 1.165) is 42.9 Å². The van der Waals surface area contributed by atoms with Crippen molar-refractivity contribution in [1.82, 2.24) is 10.6 Å². The topological polar surface area (TPSA) is 41.1 Å². The Labute approximate surface area is 118 Å². The maximum absolute atomic E-state index is 12.2. The lowest BCUT2D eigenvalue weighted by molar-refractivity contribution is -0.123. The molecule has 4 heteroatoms. The lowest BCUT2D eigenvalue weighted by Gasteiger charge is -2.23. The van der Waals surface area contributed by atoms with Crippen LogP contribution in [0.25, 0.3) is 0 Å². The number of carbonyl (C=O) groups excluding carboxylic acids is 1. The molecule has 3 nitrogen and oxygen atoms in total. The minimum absolute atomic E-state index is 0.219. The first-order chi connectivity index (χ1) is 9.20. The Balaban J connectivity index is 1.51. The molecular weight excluding hydrogens is 260 g/mol. The van der Waals surface area contributed by atoms with E-state index in [1.165, 1.54) is 0 Å². The summed E-state index contributed by atoms with van der Waals surface area (Å²) in [5, 5.41) is 7.14. The fourth-order valence-corrected chi connectivity index (χ4v) is 3.24. The van der Waals surface area contributed by atoms with Crippen LogP contribution in [0.1, 0.15) is 24.8 Å². The Bertz CT molecular complexity index is 466. The van der Waals surface area contributed by atoms with Crippen LogP contribution >= 0.6 is 11.6 Å². The second-order valence-corrected chi connectivity index (χ2v) is 6.15. The number of hydrogen-bond donors (Lipinski definition) is 2. The number of benzene rings is 1. The molecule has 2 fully saturated rings. The molecule has 1 aromatic rings. The van der Waals surface area contributed by atoms with Crippen LogP contribution in [-0.2, 0) is 11.3 Å².